The van der Waals surface area contributed by atoms with Crippen LogP contribution in [0.3, 0.4) is 0 Å². The number of aromatic nitrogens is 5. The molecule has 112 valence electrons. The van der Waals surface area contributed by atoms with Gasteiger partial charge in [0.25, 0.3) is 0 Å². The Balaban J connectivity index is 2.12. The summed E-state index contributed by atoms with van der Waals surface area (Å²) < 4.78 is 1.82. The van der Waals surface area contributed by atoms with Crippen LogP contribution in [0, 0.1) is 11.3 Å². The quantitative estimate of drug-likeness (QED) is 0.754. The fourth-order valence-electron chi connectivity index (χ4n) is 2.40. The van der Waals surface area contributed by atoms with Crippen molar-refractivity contribution in [3.8, 4) is 17.3 Å². The van der Waals surface area contributed by atoms with Crippen molar-refractivity contribution in [1.29, 1.82) is 5.26 Å². The van der Waals surface area contributed by atoms with Crippen molar-refractivity contribution in [2.75, 3.05) is 11.9 Å². The van der Waals surface area contributed by atoms with Crippen LogP contribution in [0.15, 0.2) is 24.8 Å². The summed E-state index contributed by atoms with van der Waals surface area (Å²) in [6, 6.07) is 4.15. The van der Waals surface area contributed by atoms with Gasteiger partial charge in [0, 0.05) is 24.3 Å². The van der Waals surface area contributed by atoms with Gasteiger partial charge in [0.15, 0.2) is 5.82 Å². The molecule has 3 heterocycles. The Morgan fingerprint density at radius 3 is 3.09 bits per heavy atom. The van der Waals surface area contributed by atoms with Crippen molar-refractivity contribution in [3.63, 3.8) is 0 Å². The van der Waals surface area contributed by atoms with Gasteiger partial charge in [-0.05, 0) is 19.9 Å². The second-order valence-corrected chi connectivity index (χ2v) is 5.08. The summed E-state index contributed by atoms with van der Waals surface area (Å²) in [7, 11) is 0. The largest absolute Gasteiger partial charge is 0.368 e. The molecule has 3 aromatic rings. The maximum Gasteiger partial charge on any atom is 0.157 e. The standard InChI is InChI=1S/C15H17N7/c1-3-17-15-12(8-22(21-15)10(2)4-6-16)13-11-5-7-18-14(11)20-9-19-13/h5,7-10H,3-4H2,1-2H3,(H,17,21)(H,18,19,20)/t10-/m1/s1. The number of nitriles is 1. The minimum Gasteiger partial charge on any atom is -0.368 e. The Hall–Kier alpha value is -2.88. The first-order chi connectivity index (χ1) is 10.7. The molecule has 1 atom stereocenters. The van der Waals surface area contributed by atoms with Gasteiger partial charge in [-0.25, -0.2) is 9.97 Å². The summed E-state index contributed by atoms with van der Waals surface area (Å²) in [5.74, 6) is 0.772. The zero-order chi connectivity index (χ0) is 15.5. The zero-order valence-electron chi connectivity index (χ0n) is 12.5. The van der Waals surface area contributed by atoms with Crippen LogP contribution in [0.2, 0.25) is 0 Å². The van der Waals surface area contributed by atoms with Crippen molar-refractivity contribution in [2.45, 2.75) is 26.3 Å². The Morgan fingerprint density at radius 2 is 2.32 bits per heavy atom. The van der Waals surface area contributed by atoms with E-state index in [-0.39, 0.29) is 6.04 Å². The van der Waals surface area contributed by atoms with Crippen LogP contribution in [0.25, 0.3) is 22.3 Å². The third-order valence-corrected chi connectivity index (χ3v) is 3.52. The zero-order valence-corrected chi connectivity index (χ0v) is 12.5. The molecule has 22 heavy (non-hydrogen) atoms. The van der Waals surface area contributed by atoms with Crippen molar-refractivity contribution >= 4 is 16.9 Å². The summed E-state index contributed by atoms with van der Waals surface area (Å²) >= 11 is 0. The molecular weight excluding hydrogens is 278 g/mol. The summed E-state index contributed by atoms with van der Waals surface area (Å²) in [6.07, 6.45) is 5.74. The molecule has 0 fully saturated rings. The molecule has 0 unspecified atom stereocenters. The number of nitrogens with zero attached hydrogens (tertiary/aromatic N) is 5. The van der Waals surface area contributed by atoms with Gasteiger partial charge in [-0.3, -0.25) is 4.68 Å². The van der Waals surface area contributed by atoms with Gasteiger partial charge in [-0.2, -0.15) is 10.4 Å². The van der Waals surface area contributed by atoms with E-state index in [0.29, 0.717) is 6.42 Å². The van der Waals surface area contributed by atoms with E-state index in [2.05, 4.69) is 31.4 Å². The molecule has 0 saturated carbocycles. The average molecular weight is 295 g/mol. The number of anilines is 1. The lowest BCUT2D eigenvalue weighted by Crippen LogP contribution is -2.06. The predicted octanol–water partition coefficient (Wildman–Crippen LogP) is 2.73. The van der Waals surface area contributed by atoms with E-state index in [1.165, 1.54) is 0 Å². The van der Waals surface area contributed by atoms with Gasteiger partial charge >= 0.3 is 0 Å². The first-order valence-corrected chi connectivity index (χ1v) is 7.23. The average Bonchev–Trinajstić information content (AvgIpc) is 3.14. The van der Waals surface area contributed by atoms with Gasteiger partial charge in [-0.15, -0.1) is 0 Å². The van der Waals surface area contributed by atoms with Gasteiger partial charge in [0.05, 0.1) is 29.8 Å². The lowest BCUT2D eigenvalue weighted by atomic mass is 10.1. The van der Waals surface area contributed by atoms with Crippen LogP contribution in [-0.2, 0) is 0 Å². The lowest BCUT2D eigenvalue weighted by molar-refractivity contribution is 0.502. The van der Waals surface area contributed by atoms with E-state index >= 15 is 0 Å². The van der Waals surface area contributed by atoms with E-state index < -0.39 is 0 Å². The van der Waals surface area contributed by atoms with E-state index in [4.69, 9.17) is 5.26 Å². The number of hydrogen-bond acceptors (Lipinski definition) is 5. The van der Waals surface area contributed by atoms with Crippen molar-refractivity contribution in [3.05, 3.63) is 24.8 Å². The van der Waals surface area contributed by atoms with Crippen LogP contribution in [0.4, 0.5) is 5.82 Å². The van der Waals surface area contributed by atoms with Gasteiger partial charge < -0.3 is 10.3 Å². The highest BCUT2D eigenvalue weighted by Gasteiger charge is 2.17. The van der Waals surface area contributed by atoms with E-state index in [9.17, 15) is 0 Å². The lowest BCUT2D eigenvalue weighted by Gasteiger charge is -2.06. The topological polar surface area (TPSA) is 95.2 Å². The fraction of sp³-hybridized carbons (Fsp3) is 0.333. The minimum absolute atomic E-state index is 0.0136. The summed E-state index contributed by atoms with van der Waals surface area (Å²) in [6.45, 7) is 4.76. The molecule has 0 radical (unpaired) electrons. The maximum absolute atomic E-state index is 8.88. The highest BCUT2D eigenvalue weighted by Crippen LogP contribution is 2.31. The Labute approximate surface area is 128 Å². The maximum atomic E-state index is 8.88. The molecule has 7 heteroatoms. The van der Waals surface area contributed by atoms with Crippen LogP contribution in [-0.4, -0.2) is 31.3 Å². The molecule has 0 spiro atoms. The van der Waals surface area contributed by atoms with Crippen LogP contribution >= 0.6 is 0 Å². The first kappa shape index (κ1) is 14.1. The summed E-state index contributed by atoms with van der Waals surface area (Å²) in [5, 5.41) is 17.7. The van der Waals surface area contributed by atoms with E-state index in [1.54, 1.807) is 6.33 Å². The van der Waals surface area contributed by atoms with Gasteiger partial charge in [0.1, 0.15) is 12.0 Å². The van der Waals surface area contributed by atoms with Crippen molar-refractivity contribution in [2.24, 2.45) is 0 Å². The molecule has 0 aliphatic rings. The first-order valence-electron chi connectivity index (χ1n) is 7.23. The van der Waals surface area contributed by atoms with Gasteiger partial charge in [0.2, 0.25) is 0 Å². The summed E-state index contributed by atoms with van der Waals surface area (Å²) in [4.78, 5) is 11.7. The third-order valence-electron chi connectivity index (χ3n) is 3.52. The molecule has 3 aromatic heterocycles. The molecule has 0 amide bonds. The molecule has 0 aliphatic heterocycles. The number of nitrogens with one attached hydrogen (secondary N) is 2. The summed E-state index contributed by atoms with van der Waals surface area (Å²) in [5.41, 5.74) is 2.54. The molecule has 0 aromatic carbocycles. The fourth-order valence-corrected chi connectivity index (χ4v) is 2.40. The molecule has 7 nitrogen and oxygen atoms in total. The van der Waals surface area contributed by atoms with E-state index in [0.717, 1.165) is 34.7 Å². The van der Waals surface area contributed by atoms with Crippen molar-refractivity contribution in [1.82, 2.24) is 24.7 Å². The molecule has 2 N–H and O–H groups in total. The highest BCUT2D eigenvalue weighted by molar-refractivity contribution is 5.93. The smallest absolute Gasteiger partial charge is 0.157 e. The minimum atomic E-state index is 0.0136. The Kier molecular flexibility index (Phi) is 3.74. The SMILES string of the molecule is CCNc1nn([C@H](C)CC#N)cc1-c1ncnc2[nH]ccc12. The molecule has 0 bridgehead atoms. The second-order valence-electron chi connectivity index (χ2n) is 5.08. The molecule has 3 rings (SSSR count). The van der Waals surface area contributed by atoms with Gasteiger partial charge in [-0.1, -0.05) is 0 Å². The number of fused-ring (bicyclic) bond motifs is 1. The normalized spacial score (nSPS) is 12.2. The predicted molar refractivity (Wildman–Crippen MR) is 84.2 cm³/mol. The number of aromatic amines is 1. The van der Waals surface area contributed by atoms with Crippen LogP contribution in [0.5, 0.6) is 0 Å². The third kappa shape index (κ3) is 2.39. The van der Waals surface area contributed by atoms with Crippen LogP contribution in [0.1, 0.15) is 26.3 Å². The van der Waals surface area contributed by atoms with E-state index in [1.807, 2.05) is 37.0 Å². The number of hydrogen-bond donors (Lipinski definition) is 2. The monoisotopic (exact) mass is 295 g/mol. The van der Waals surface area contributed by atoms with Crippen LogP contribution < -0.4 is 5.32 Å². The molecular formula is C15H17N7. The Bertz CT molecular complexity index is 824. The van der Waals surface area contributed by atoms with Crippen molar-refractivity contribution < 1.29 is 0 Å². The Morgan fingerprint density at radius 1 is 1.45 bits per heavy atom. The number of H-pyrrole nitrogens is 1. The molecule has 0 saturated heterocycles. The second kappa shape index (κ2) is 5.85. The molecule has 0 aliphatic carbocycles. The highest BCUT2D eigenvalue weighted by atomic mass is 15.3. The number of rotatable bonds is 5.